The van der Waals surface area contributed by atoms with Crippen LogP contribution in [0.5, 0.6) is 0 Å². The van der Waals surface area contributed by atoms with E-state index in [-0.39, 0.29) is 18.4 Å². The van der Waals surface area contributed by atoms with Gasteiger partial charge in [-0.25, -0.2) is 4.79 Å². The minimum atomic E-state index is -0.947. The Bertz CT molecular complexity index is 1110. The highest BCUT2D eigenvalue weighted by Gasteiger charge is 2.36. The molecule has 2 unspecified atom stereocenters. The zero-order valence-corrected chi connectivity index (χ0v) is 24.4. The number of nitrogens with one attached hydrogen (secondary N) is 2. The van der Waals surface area contributed by atoms with Crippen LogP contribution in [-0.2, 0) is 14.3 Å². The number of nitrogens with zero attached hydrogens (tertiary/aromatic N) is 1. The number of ether oxygens (including phenoxy) is 1. The quantitative estimate of drug-likeness (QED) is 0.345. The third kappa shape index (κ3) is 8.94. The van der Waals surface area contributed by atoms with Gasteiger partial charge < -0.3 is 20.3 Å². The Balaban J connectivity index is 2.51. The van der Waals surface area contributed by atoms with Gasteiger partial charge in [-0.05, 0) is 76.7 Å². The Kier molecular flexibility index (Phi) is 11.4. The van der Waals surface area contributed by atoms with E-state index in [0.29, 0.717) is 23.4 Å². The number of carbonyl (C=O) groups excluding carboxylic acids is 3. The summed E-state index contributed by atoms with van der Waals surface area (Å²) in [6.45, 7) is 15.1. The van der Waals surface area contributed by atoms with Crippen LogP contribution >= 0.6 is 11.8 Å². The van der Waals surface area contributed by atoms with E-state index >= 15 is 0 Å². The second-order valence-corrected chi connectivity index (χ2v) is 11.3. The molecular formula is C30H41N3O4S. The Labute approximate surface area is 231 Å². The molecule has 0 saturated carbocycles. The zero-order valence-electron chi connectivity index (χ0n) is 23.6. The highest BCUT2D eigenvalue weighted by molar-refractivity contribution is 7.98. The molecule has 0 spiro atoms. The van der Waals surface area contributed by atoms with E-state index in [9.17, 15) is 14.4 Å². The summed E-state index contributed by atoms with van der Waals surface area (Å²) in [5.41, 5.74) is 3.54. The largest absolute Gasteiger partial charge is 0.444 e. The molecule has 0 aliphatic carbocycles. The first-order valence-corrected chi connectivity index (χ1v) is 14.1. The predicted molar refractivity (Wildman–Crippen MR) is 157 cm³/mol. The molecule has 2 aromatic carbocycles. The molecule has 0 aliphatic heterocycles. The van der Waals surface area contributed by atoms with Crippen molar-refractivity contribution in [2.75, 3.05) is 23.9 Å². The van der Waals surface area contributed by atoms with Crippen molar-refractivity contribution >= 4 is 35.4 Å². The monoisotopic (exact) mass is 539 g/mol. The van der Waals surface area contributed by atoms with E-state index in [1.165, 1.54) is 4.90 Å². The van der Waals surface area contributed by atoms with E-state index < -0.39 is 23.8 Å². The van der Waals surface area contributed by atoms with Crippen molar-refractivity contribution in [3.05, 3.63) is 77.4 Å². The van der Waals surface area contributed by atoms with Gasteiger partial charge in [0, 0.05) is 12.2 Å². The number of amides is 3. The molecule has 206 valence electrons. The van der Waals surface area contributed by atoms with Gasteiger partial charge in [0.05, 0.1) is 0 Å². The molecule has 2 N–H and O–H groups in total. The summed E-state index contributed by atoms with van der Waals surface area (Å²) in [5, 5.41) is 5.79. The van der Waals surface area contributed by atoms with Gasteiger partial charge >= 0.3 is 6.09 Å². The fraction of sp³-hybridized carbons (Fsp3) is 0.433. The molecule has 0 bridgehead atoms. The van der Waals surface area contributed by atoms with Gasteiger partial charge in [0.2, 0.25) is 5.91 Å². The maximum absolute atomic E-state index is 14.0. The highest BCUT2D eigenvalue weighted by Crippen LogP contribution is 2.27. The van der Waals surface area contributed by atoms with Crippen LogP contribution in [0.15, 0.2) is 55.1 Å². The molecule has 7 nitrogen and oxygen atoms in total. The first kappa shape index (κ1) is 31.0. The lowest BCUT2D eigenvalue weighted by molar-refractivity contribution is -0.140. The topological polar surface area (TPSA) is 87.7 Å². The Morgan fingerprint density at radius 3 is 2.18 bits per heavy atom. The van der Waals surface area contributed by atoms with E-state index in [1.807, 2.05) is 69.5 Å². The third-order valence-electron chi connectivity index (χ3n) is 5.89. The summed E-state index contributed by atoms with van der Waals surface area (Å²) in [7, 11) is 0. The summed E-state index contributed by atoms with van der Waals surface area (Å²) < 4.78 is 5.42. The maximum Gasteiger partial charge on any atom is 0.408 e. The van der Waals surface area contributed by atoms with Crippen LogP contribution < -0.4 is 10.6 Å². The third-order valence-corrected chi connectivity index (χ3v) is 6.53. The standard InChI is InChI=1S/C30H41N3O4S/c1-9-18-33(28(35)24(17-19-38-8)31-29(36)37-30(5,6)7)26(23-15-13-20(2)14-16-23)27(34)32-25-21(3)11-10-12-22(25)4/h9-16,24,26H,1,17-19H2,2-8H3,(H,31,36)(H,32,34). The van der Waals surface area contributed by atoms with Gasteiger partial charge in [-0.1, -0.05) is 54.1 Å². The number of rotatable bonds is 11. The Morgan fingerprint density at radius 2 is 1.66 bits per heavy atom. The van der Waals surface area contributed by atoms with E-state index in [1.54, 1.807) is 38.6 Å². The number of hydrogen-bond acceptors (Lipinski definition) is 5. The predicted octanol–water partition coefficient (Wildman–Crippen LogP) is 5.95. The molecule has 0 aromatic heterocycles. The van der Waals surface area contributed by atoms with Crippen molar-refractivity contribution in [2.45, 2.75) is 65.6 Å². The van der Waals surface area contributed by atoms with E-state index in [2.05, 4.69) is 17.2 Å². The molecule has 2 rings (SSSR count). The minimum absolute atomic E-state index is 0.114. The van der Waals surface area contributed by atoms with Gasteiger partial charge in [0.1, 0.15) is 17.7 Å². The van der Waals surface area contributed by atoms with Gasteiger partial charge in [0.15, 0.2) is 0 Å². The van der Waals surface area contributed by atoms with Crippen molar-refractivity contribution in [2.24, 2.45) is 0 Å². The van der Waals surface area contributed by atoms with E-state index in [0.717, 1.165) is 16.7 Å². The fourth-order valence-electron chi connectivity index (χ4n) is 4.03. The molecule has 3 amide bonds. The average molecular weight is 540 g/mol. The molecule has 38 heavy (non-hydrogen) atoms. The zero-order chi connectivity index (χ0) is 28.5. The highest BCUT2D eigenvalue weighted by atomic mass is 32.2. The Morgan fingerprint density at radius 1 is 1.05 bits per heavy atom. The lowest BCUT2D eigenvalue weighted by atomic mass is 10.00. The smallest absolute Gasteiger partial charge is 0.408 e. The molecule has 0 aliphatic rings. The first-order chi connectivity index (χ1) is 17.9. The maximum atomic E-state index is 14.0. The molecule has 0 heterocycles. The summed E-state index contributed by atoms with van der Waals surface area (Å²) >= 11 is 1.57. The molecule has 2 atom stereocenters. The second-order valence-electron chi connectivity index (χ2n) is 10.3. The Hall–Kier alpha value is -3.26. The van der Waals surface area contributed by atoms with Crippen LogP contribution in [0.1, 0.15) is 55.5 Å². The number of thioether (sulfide) groups is 1. The van der Waals surface area contributed by atoms with Crippen molar-refractivity contribution < 1.29 is 19.1 Å². The number of aryl methyl sites for hydroxylation is 3. The number of para-hydroxylation sites is 1. The average Bonchev–Trinajstić information content (AvgIpc) is 2.83. The van der Waals surface area contributed by atoms with Gasteiger partial charge in [-0.2, -0.15) is 11.8 Å². The molecule has 2 aromatic rings. The normalized spacial score (nSPS) is 12.7. The summed E-state index contributed by atoms with van der Waals surface area (Å²) in [5.74, 6) is -0.0906. The summed E-state index contributed by atoms with van der Waals surface area (Å²) in [6.07, 6.45) is 3.22. The van der Waals surface area contributed by atoms with Crippen molar-refractivity contribution in [1.29, 1.82) is 0 Å². The molecule has 0 radical (unpaired) electrons. The molecular weight excluding hydrogens is 498 g/mol. The van der Waals surface area contributed by atoms with Crippen LogP contribution in [0.3, 0.4) is 0 Å². The first-order valence-electron chi connectivity index (χ1n) is 12.7. The molecule has 0 saturated heterocycles. The second kappa shape index (κ2) is 14.0. The van der Waals surface area contributed by atoms with Crippen LogP contribution in [0, 0.1) is 20.8 Å². The molecule has 0 fully saturated rings. The van der Waals surface area contributed by atoms with Gasteiger partial charge in [0.25, 0.3) is 5.91 Å². The number of anilines is 1. The van der Waals surface area contributed by atoms with Crippen molar-refractivity contribution in [1.82, 2.24) is 10.2 Å². The minimum Gasteiger partial charge on any atom is -0.444 e. The lowest BCUT2D eigenvalue weighted by Gasteiger charge is -2.34. The summed E-state index contributed by atoms with van der Waals surface area (Å²) in [6, 6.07) is 11.5. The van der Waals surface area contributed by atoms with Gasteiger partial charge in [-0.3, -0.25) is 9.59 Å². The fourth-order valence-corrected chi connectivity index (χ4v) is 4.50. The number of hydrogen-bond donors (Lipinski definition) is 2. The van der Waals surface area contributed by atoms with Crippen LogP contribution in [-0.4, -0.2) is 53.0 Å². The van der Waals surface area contributed by atoms with E-state index in [4.69, 9.17) is 4.74 Å². The SMILES string of the molecule is C=CCN(C(=O)C(CCSC)NC(=O)OC(C)(C)C)C(C(=O)Nc1c(C)cccc1C)c1ccc(C)cc1. The summed E-state index contributed by atoms with van der Waals surface area (Å²) in [4.78, 5) is 42.1. The van der Waals surface area contributed by atoms with Crippen LogP contribution in [0.25, 0.3) is 0 Å². The van der Waals surface area contributed by atoms with Crippen molar-refractivity contribution in [3.63, 3.8) is 0 Å². The van der Waals surface area contributed by atoms with Crippen LogP contribution in [0.4, 0.5) is 10.5 Å². The number of benzene rings is 2. The number of alkyl carbamates (subject to hydrolysis) is 1. The molecule has 8 heteroatoms. The van der Waals surface area contributed by atoms with Crippen molar-refractivity contribution in [3.8, 4) is 0 Å². The lowest BCUT2D eigenvalue weighted by Crippen LogP contribution is -2.52. The van der Waals surface area contributed by atoms with Gasteiger partial charge in [-0.15, -0.1) is 6.58 Å². The van der Waals surface area contributed by atoms with Crippen LogP contribution in [0.2, 0.25) is 0 Å². The number of carbonyl (C=O) groups is 3.